The van der Waals surface area contributed by atoms with Crippen molar-refractivity contribution in [3.63, 3.8) is 0 Å². The maximum atomic E-state index is 5.39. The van der Waals surface area contributed by atoms with Gasteiger partial charge in [0.15, 0.2) is 0 Å². The maximum absolute atomic E-state index is 5.39. The summed E-state index contributed by atoms with van der Waals surface area (Å²) in [6, 6.07) is 11.5. The van der Waals surface area contributed by atoms with Crippen LogP contribution in [0.25, 0.3) is 0 Å². The van der Waals surface area contributed by atoms with Crippen LogP contribution in [0, 0.1) is 6.92 Å². The predicted molar refractivity (Wildman–Crippen MR) is 77.4 cm³/mol. The standard InChI is InChI=1S/C15H20N4O/c1-12-17-18-15(20-12)16-14-8-5-9-19(11-14)10-13-6-3-2-4-7-13/h2-4,6-7,14H,5,8-11H2,1H3,(H,16,18)/t14-/m0/s1. The van der Waals surface area contributed by atoms with Gasteiger partial charge in [-0.15, -0.1) is 5.10 Å². The van der Waals surface area contributed by atoms with Crippen LogP contribution in [0.4, 0.5) is 6.01 Å². The number of likely N-dealkylation sites (tertiary alicyclic amines) is 1. The molecule has 1 aliphatic heterocycles. The zero-order valence-corrected chi connectivity index (χ0v) is 11.7. The second-order valence-corrected chi connectivity index (χ2v) is 5.33. The van der Waals surface area contributed by atoms with Gasteiger partial charge in [-0.05, 0) is 24.9 Å². The lowest BCUT2D eigenvalue weighted by Crippen LogP contribution is -2.41. The van der Waals surface area contributed by atoms with E-state index < -0.39 is 0 Å². The molecule has 0 amide bonds. The van der Waals surface area contributed by atoms with E-state index in [1.807, 2.05) is 0 Å². The van der Waals surface area contributed by atoms with E-state index in [0.29, 0.717) is 17.9 Å². The maximum Gasteiger partial charge on any atom is 0.315 e. The largest absolute Gasteiger partial charge is 0.408 e. The molecule has 0 radical (unpaired) electrons. The monoisotopic (exact) mass is 272 g/mol. The third kappa shape index (κ3) is 3.36. The van der Waals surface area contributed by atoms with Gasteiger partial charge in [0.2, 0.25) is 5.89 Å². The molecule has 20 heavy (non-hydrogen) atoms. The Bertz CT molecular complexity index is 540. The fourth-order valence-corrected chi connectivity index (χ4v) is 2.69. The summed E-state index contributed by atoms with van der Waals surface area (Å²) in [6.45, 7) is 4.97. The SMILES string of the molecule is Cc1nnc(N[C@H]2CCCN(Cc3ccccc3)C2)o1. The second kappa shape index (κ2) is 6.05. The highest BCUT2D eigenvalue weighted by molar-refractivity contribution is 5.20. The summed E-state index contributed by atoms with van der Waals surface area (Å²) in [4.78, 5) is 2.47. The third-order valence-electron chi connectivity index (χ3n) is 3.61. The molecular weight excluding hydrogens is 252 g/mol. The van der Waals surface area contributed by atoms with Gasteiger partial charge in [-0.2, -0.15) is 0 Å². The molecule has 5 heteroatoms. The minimum Gasteiger partial charge on any atom is -0.408 e. The topological polar surface area (TPSA) is 54.2 Å². The van der Waals surface area contributed by atoms with Crippen molar-refractivity contribution in [2.45, 2.75) is 32.4 Å². The first-order valence-electron chi connectivity index (χ1n) is 7.12. The summed E-state index contributed by atoms with van der Waals surface area (Å²) >= 11 is 0. The van der Waals surface area contributed by atoms with E-state index in [2.05, 4.69) is 50.7 Å². The van der Waals surface area contributed by atoms with Crippen LogP contribution in [0.5, 0.6) is 0 Å². The average molecular weight is 272 g/mol. The molecule has 0 spiro atoms. The molecule has 2 aromatic rings. The lowest BCUT2D eigenvalue weighted by atomic mass is 10.0. The summed E-state index contributed by atoms with van der Waals surface area (Å²) < 4.78 is 5.39. The van der Waals surface area contributed by atoms with Crippen LogP contribution in [0.3, 0.4) is 0 Å². The zero-order valence-electron chi connectivity index (χ0n) is 11.7. The number of hydrogen-bond donors (Lipinski definition) is 1. The minimum atomic E-state index is 0.382. The number of nitrogens with one attached hydrogen (secondary N) is 1. The van der Waals surface area contributed by atoms with Crippen molar-refractivity contribution in [3.8, 4) is 0 Å². The number of nitrogens with zero attached hydrogens (tertiary/aromatic N) is 3. The van der Waals surface area contributed by atoms with Crippen LogP contribution in [0.2, 0.25) is 0 Å². The molecule has 1 fully saturated rings. The molecule has 0 saturated carbocycles. The lowest BCUT2D eigenvalue weighted by molar-refractivity contribution is 0.207. The number of piperidine rings is 1. The Labute approximate surface area is 119 Å². The van der Waals surface area contributed by atoms with E-state index in [1.54, 1.807) is 6.92 Å². The van der Waals surface area contributed by atoms with Crippen molar-refractivity contribution in [3.05, 3.63) is 41.8 Å². The Balaban J connectivity index is 1.56. The number of aromatic nitrogens is 2. The van der Waals surface area contributed by atoms with E-state index >= 15 is 0 Å². The molecule has 1 atom stereocenters. The van der Waals surface area contributed by atoms with E-state index in [9.17, 15) is 0 Å². The molecule has 0 bridgehead atoms. The van der Waals surface area contributed by atoms with Gasteiger partial charge in [-0.1, -0.05) is 35.4 Å². The molecule has 3 rings (SSSR count). The molecule has 0 unspecified atom stereocenters. The number of benzene rings is 1. The predicted octanol–water partition coefficient (Wildman–Crippen LogP) is 2.45. The van der Waals surface area contributed by atoms with Crippen LogP contribution in [0.1, 0.15) is 24.3 Å². The zero-order chi connectivity index (χ0) is 13.8. The Hall–Kier alpha value is -1.88. The third-order valence-corrected chi connectivity index (χ3v) is 3.61. The number of aryl methyl sites for hydroxylation is 1. The molecular formula is C15H20N4O. The van der Waals surface area contributed by atoms with Gasteiger partial charge in [-0.25, -0.2) is 0 Å². The Morgan fingerprint density at radius 3 is 2.90 bits per heavy atom. The number of anilines is 1. The number of hydrogen-bond acceptors (Lipinski definition) is 5. The van der Waals surface area contributed by atoms with Gasteiger partial charge in [-0.3, -0.25) is 4.90 Å². The Morgan fingerprint density at radius 1 is 1.30 bits per heavy atom. The van der Waals surface area contributed by atoms with Crippen molar-refractivity contribution in [2.24, 2.45) is 0 Å². The summed E-state index contributed by atoms with van der Waals surface area (Å²) in [6.07, 6.45) is 2.34. The van der Waals surface area contributed by atoms with Crippen molar-refractivity contribution in [1.29, 1.82) is 0 Å². The number of rotatable bonds is 4. The highest BCUT2D eigenvalue weighted by atomic mass is 16.4. The van der Waals surface area contributed by atoms with Crippen molar-refractivity contribution < 1.29 is 4.42 Å². The molecule has 1 aliphatic rings. The van der Waals surface area contributed by atoms with Gasteiger partial charge in [0.1, 0.15) is 0 Å². The second-order valence-electron chi connectivity index (χ2n) is 5.33. The van der Waals surface area contributed by atoms with E-state index in [4.69, 9.17) is 4.42 Å². The van der Waals surface area contributed by atoms with Crippen molar-refractivity contribution in [1.82, 2.24) is 15.1 Å². The van der Waals surface area contributed by atoms with Crippen LogP contribution < -0.4 is 5.32 Å². The van der Waals surface area contributed by atoms with Gasteiger partial charge in [0.25, 0.3) is 0 Å². The van der Waals surface area contributed by atoms with Gasteiger partial charge in [0, 0.05) is 26.1 Å². The Morgan fingerprint density at radius 2 is 2.15 bits per heavy atom. The minimum absolute atomic E-state index is 0.382. The van der Waals surface area contributed by atoms with E-state index in [-0.39, 0.29) is 0 Å². The highest BCUT2D eigenvalue weighted by Gasteiger charge is 2.21. The van der Waals surface area contributed by atoms with E-state index in [1.165, 1.54) is 12.0 Å². The normalized spacial score (nSPS) is 19.9. The summed E-state index contributed by atoms with van der Waals surface area (Å²) in [7, 11) is 0. The van der Waals surface area contributed by atoms with Crippen LogP contribution >= 0.6 is 0 Å². The van der Waals surface area contributed by atoms with Gasteiger partial charge in [0.05, 0.1) is 0 Å². The summed E-state index contributed by atoms with van der Waals surface area (Å²) in [5, 5.41) is 11.2. The van der Waals surface area contributed by atoms with E-state index in [0.717, 1.165) is 26.1 Å². The first-order chi connectivity index (χ1) is 9.79. The molecule has 5 nitrogen and oxygen atoms in total. The van der Waals surface area contributed by atoms with Gasteiger partial charge < -0.3 is 9.73 Å². The molecule has 1 N–H and O–H groups in total. The molecule has 2 heterocycles. The molecule has 1 aromatic heterocycles. The Kier molecular flexibility index (Phi) is 3.97. The molecule has 1 aromatic carbocycles. The average Bonchev–Trinajstić information content (AvgIpc) is 2.86. The van der Waals surface area contributed by atoms with Gasteiger partial charge >= 0.3 is 6.01 Å². The smallest absolute Gasteiger partial charge is 0.315 e. The fraction of sp³-hybridized carbons (Fsp3) is 0.467. The fourth-order valence-electron chi connectivity index (χ4n) is 2.69. The highest BCUT2D eigenvalue weighted by Crippen LogP contribution is 2.17. The van der Waals surface area contributed by atoms with Crippen molar-refractivity contribution in [2.75, 3.05) is 18.4 Å². The first-order valence-corrected chi connectivity index (χ1v) is 7.12. The molecule has 1 saturated heterocycles. The molecule has 106 valence electrons. The quantitative estimate of drug-likeness (QED) is 0.926. The summed E-state index contributed by atoms with van der Waals surface area (Å²) in [5.74, 6) is 0.601. The van der Waals surface area contributed by atoms with Crippen LogP contribution in [-0.4, -0.2) is 34.2 Å². The summed E-state index contributed by atoms with van der Waals surface area (Å²) in [5.41, 5.74) is 1.36. The van der Waals surface area contributed by atoms with Crippen LogP contribution in [0.15, 0.2) is 34.7 Å². The van der Waals surface area contributed by atoms with Crippen molar-refractivity contribution >= 4 is 6.01 Å². The molecule has 0 aliphatic carbocycles. The van der Waals surface area contributed by atoms with Crippen LogP contribution in [-0.2, 0) is 6.54 Å². The first kappa shape index (κ1) is 13.1. The lowest BCUT2D eigenvalue weighted by Gasteiger charge is -2.32.